The average Bonchev–Trinajstić information content (AvgIpc) is 3.40. The molecule has 1 aromatic heterocycles. The van der Waals surface area contributed by atoms with Crippen molar-refractivity contribution < 1.29 is 22.4 Å². The van der Waals surface area contributed by atoms with E-state index in [1.54, 1.807) is 30.3 Å². The maximum Gasteiger partial charge on any atom is 0.253 e. The molecular weight excluding hydrogens is 454 g/mol. The van der Waals surface area contributed by atoms with Crippen molar-refractivity contribution in [2.24, 2.45) is 0 Å². The Morgan fingerprint density at radius 3 is 2.35 bits per heavy atom. The highest BCUT2D eigenvalue weighted by Crippen LogP contribution is 2.15. The molecule has 3 aromatic rings. The van der Waals surface area contributed by atoms with Crippen LogP contribution in [0.2, 0.25) is 0 Å². The fourth-order valence-corrected chi connectivity index (χ4v) is 4.84. The summed E-state index contributed by atoms with van der Waals surface area (Å²) < 4.78 is 32.7. The summed E-state index contributed by atoms with van der Waals surface area (Å²) in [6.45, 7) is 1.86. The number of hydrogen-bond acceptors (Lipinski definition) is 5. The monoisotopic (exact) mass is 481 g/mol. The first-order chi connectivity index (χ1) is 16.4. The molecule has 2 N–H and O–H groups in total. The molecule has 0 radical (unpaired) electrons. The van der Waals surface area contributed by atoms with Gasteiger partial charge in [-0.25, -0.2) is 13.1 Å². The number of nitrogens with zero attached hydrogens (tertiary/aromatic N) is 1. The van der Waals surface area contributed by atoms with Crippen molar-refractivity contribution in [2.45, 2.75) is 37.2 Å². The molecule has 9 heteroatoms. The lowest BCUT2D eigenvalue weighted by atomic mass is 10.1. The predicted octanol–water partition coefficient (Wildman–Crippen LogP) is 3.31. The summed E-state index contributed by atoms with van der Waals surface area (Å²) in [5.74, 6) is 0.131. The van der Waals surface area contributed by atoms with E-state index in [0.717, 1.165) is 31.5 Å². The van der Waals surface area contributed by atoms with Gasteiger partial charge in [0.15, 0.2) is 0 Å². The van der Waals surface area contributed by atoms with Crippen LogP contribution >= 0.6 is 0 Å². The van der Waals surface area contributed by atoms with Gasteiger partial charge in [0.25, 0.3) is 11.8 Å². The molecule has 0 aliphatic carbocycles. The highest BCUT2D eigenvalue weighted by atomic mass is 32.2. The molecule has 1 saturated heterocycles. The van der Waals surface area contributed by atoms with Crippen molar-refractivity contribution in [3.05, 3.63) is 89.4 Å². The zero-order valence-corrected chi connectivity index (χ0v) is 19.5. The molecular formula is C25H27N3O5S. The smallest absolute Gasteiger partial charge is 0.253 e. The number of piperidine rings is 1. The number of furan rings is 1. The highest BCUT2D eigenvalue weighted by Gasteiger charge is 2.19. The Labute approximate surface area is 199 Å². The Balaban J connectivity index is 1.34. The zero-order chi connectivity index (χ0) is 24.0. The summed E-state index contributed by atoms with van der Waals surface area (Å²) in [4.78, 5) is 27.1. The summed E-state index contributed by atoms with van der Waals surface area (Å²) in [6, 6.07) is 16.4. The van der Waals surface area contributed by atoms with Gasteiger partial charge < -0.3 is 14.6 Å². The van der Waals surface area contributed by atoms with Crippen LogP contribution in [0.1, 0.15) is 51.3 Å². The van der Waals surface area contributed by atoms with Gasteiger partial charge in [-0.1, -0.05) is 18.2 Å². The summed E-state index contributed by atoms with van der Waals surface area (Å²) in [6.07, 6.45) is 4.71. The van der Waals surface area contributed by atoms with Crippen LogP contribution in [0.3, 0.4) is 0 Å². The van der Waals surface area contributed by atoms with Crippen molar-refractivity contribution in [2.75, 3.05) is 13.1 Å². The fraction of sp³-hybridized carbons (Fsp3) is 0.280. The standard InChI is InChI=1S/C25H27N3O5S/c29-24(21-6-4-8-23(16-21)34(31,32)27-18-22-7-5-15-33-22)26-17-19-9-11-20(12-10-19)25(30)28-13-2-1-3-14-28/h4-12,15-16,27H,1-3,13-14,17-18H2,(H,26,29). The summed E-state index contributed by atoms with van der Waals surface area (Å²) in [5, 5.41) is 2.80. The van der Waals surface area contributed by atoms with Gasteiger partial charge in [-0.15, -0.1) is 0 Å². The summed E-state index contributed by atoms with van der Waals surface area (Å²) in [7, 11) is -3.81. The van der Waals surface area contributed by atoms with Gasteiger partial charge in [0.1, 0.15) is 5.76 Å². The molecule has 2 aromatic carbocycles. The van der Waals surface area contributed by atoms with Crippen LogP contribution in [0.5, 0.6) is 0 Å². The fourth-order valence-electron chi connectivity index (χ4n) is 3.80. The van der Waals surface area contributed by atoms with E-state index in [4.69, 9.17) is 4.42 Å². The quantitative estimate of drug-likeness (QED) is 0.513. The lowest BCUT2D eigenvalue weighted by Gasteiger charge is -2.26. The highest BCUT2D eigenvalue weighted by molar-refractivity contribution is 7.89. The molecule has 0 unspecified atom stereocenters. The topological polar surface area (TPSA) is 109 Å². The van der Waals surface area contributed by atoms with Crippen LogP contribution in [0.25, 0.3) is 0 Å². The third kappa shape index (κ3) is 5.92. The molecule has 2 heterocycles. The summed E-state index contributed by atoms with van der Waals surface area (Å²) in [5.41, 5.74) is 1.71. The van der Waals surface area contributed by atoms with Crippen LogP contribution in [0.15, 0.2) is 76.2 Å². The lowest BCUT2D eigenvalue weighted by molar-refractivity contribution is 0.0724. The third-order valence-electron chi connectivity index (χ3n) is 5.72. The van der Waals surface area contributed by atoms with Crippen LogP contribution in [-0.4, -0.2) is 38.2 Å². The first-order valence-electron chi connectivity index (χ1n) is 11.2. The minimum Gasteiger partial charge on any atom is -0.468 e. The largest absolute Gasteiger partial charge is 0.468 e. The molecule has 2 amide bonds. The first-order valence-corrected chi connectivity index (χ1v) is 12.7. The maximum atomic E-state index is 12.6. The van der Waals surface area contributed by atoms with Gasteiger partial charge >= 0.3 is 0 Å². The number of carbonyl (C=O) groups is 2. The van der Waals surface area contributed by atoms with Gasteiger partial charge in [0, 0.05) is 30.8 Å². The second-order valence-corrected chi connectivity index (χ2v) is 9.93. The number of amides is 2. The van der Waals surface area contributed by atoms with Crippen molar-refractivity contribution in [1.29, 1.82) is 0 Å². The van der Waals surface area contributed by atoms with Gasteiger partial charge in [0.2, 0.25) is 10.0 Å². The Hall–Kier alpha value is -3.43. The van der Waals surface area contributed by atoms with Crippen molar-refractivity contribution >= 4 is 21.8 Å². The van der Waals surface area contributed by atoms with Gasteiger partial charge in [-0.05, 0) is 67.3 Å². The normalized spacial score (nSPS) is 14.1. The number of benzene rings is 2. The molecule has 4 rings (SSSR count). The molecule has 0 spiro atoms. The second-order valence-electron chi connectivity index (χ2n) is 8.16. The predicted molar refractivity (Wildman–Crippen MR) is 127 cm³/mol. The van der Waals surface area contributed by atoms with Crippen molar-refractivity contribution in [3.63, 3.8) is 0 Å². The van der Waals surface area contributed by atoms with Crippen molar-refractivity contribution in [1.82, 2.24) is 14.9 Å². The van der Waals surface area contributed by atoms with E-state index in [0.29, 0.717) is 11.3 Å². The zero-order valence-electron chi connectivity index (χ0n) is 18.7. The molecule has 1 aliphatic rings. The molecule has 34 heavy (non-hydrogen) atoms. The van der Waals surface area contributed by atoms with Crippen molar-refractivity contribution in [3.8, 4) is 0 Å². The number of nitrogens with one attached hydrogen (secondary N) is 2. The molecule has 0 bridgehead atoms. The minimum atomic E-state index is -3.81. The van der Waals surface area contributed by atoms with Gasteiger partial charge in [-0.3, -0.25) is 9.59 Å². The van der Waals surface area contributed by atoms with Crippen LogP contribution in [0, 0.1) is 0 Å². The second kappa shape index (κ2) is 10.7. The number of carbonyl (C=O) groups excluding carboxylic acids is 2. The Morgan fingerprint density at radius 1 is 0.882 bits per heavy atom. The maximum absolute atomic E-state index is 12.6. The SMILES string of the molecule is O=C(NCc1ccc(C(=O)N2CCCCC2)cc1)c1cccc(S(=O)(=O)NCc2ccco2)c1. The van der Waals surface area contributed by atoms with E-state index in [2.05, 4.69) is 10.0 Å². The number of hydrogen-bond donors (Lipinski definition) is 2. The Bertz CT molecular complexity index is 1230. The Morgan fingerprint density at radius 2 is 1.65 bits per heavy atom. The van der Waals surface area contributed by atoms with E-state index in [-0.39, 0.29) is 29.5 Å². The van der Waals surface area contributed by atoms with Crippen LogP contribution in [0.4, 0.5) is 0 Å². The van der Waals surface area contributed by atoms with E-state index in [9.17, 15) is 18.0 Å². The van der Waals surface area contributed by atoms with E-state index < -0.39 is 15.9 Å². The number of likely N-dealkylation sites (tertiary alicyclic amines) is 1. The lowest BCUT2D eigenvalue weighted by Crippen LogP contribution is -2.35. The molecule has 8 nitrogen and oxygen atoms in total. The number of rotatable bonds is 8. The summed E-state index contributed by atoms with van der Waals surface area (Å²) >= 11 is 0. The molecule has 0 atom stereocenters. The molecule has 0 saturated carbocycles. The van der Waals surface area contributed by atoms with E-state index in [1.807, 2.05) is 17.0 Å². The number of sulfonamides is 1. The van der Waals surface area contributed by atoms with Crippen LogP contribution < -0.4 is 10.0 Å². The molecule has 1 aliphatic heterocycles. The first kappa shape index (κ1) is 23.7. The van der Waals surface area contributed by atoms with Gasteiger partial charge in [-0.2, -0.15) is 0 Å². The average molecular weight is 482 g/mol. The molecule has 1 fully saturated rings. The van der Waals surface area contributed by atoms with E-state index in [1.165, 1.54) is 30.9 Å². The third-order valence-corrected chi connectivity index (χ3v) is 7.12. The van der Waals surface area contributed by atoms with Gasteiger partial charge in [0.05, 0.1) is 17.7 Å². The van der Waals surface area contributed by atoms with Crippen LogP contribution in [-0.2, 0) is 23.1 Å². The Kier molecular flexibility index (Phi) is 7.44. The molecule has 178 valence electrons. The van der Waals surface area contributed by atoms with E-state index >= 15 is 0 Å². The minimum absolute atomic E-state index is 0.00714.